The normalized spacial score (nSPS) is 15.4. The molecule has 1 aliphatic heterocycles. The third-order valence-electron chi connectivity index (χ3n) is 6.16. The van der Waals surface area contributed by atoms with Crippen LogP contribution in [-0.4, -0.2) is 64.7 Å². The van der Waals surface area contributed by atoms with Crippen LogP contribution in [0.4, 0.5) is 4.79 Å². The van der Waals surface area contributed by atoms with Gasteiger partial charge in [-0.3, -0.25) is 4.79 Å². The van der Waals surface area contributed by atoms with Gasteiger partial charge in [-0.15, -0.1) is 0 Å². The molecule has 0 radical (unpaired) electrons. The van der Waals surface area contributed by atoms with Crippen LogP contribution in [0.15, 0.2) is 34.1 Å². The van der Waals surface area contributed by atoms with Crippen molar-refractivity contribution in [2.75, 3.05) is 27.3 Å². The lowest BCUT2D eigenvalue weighted by molar-refractivity contribution is -0.0769. The maximum absolute atomic E-state index is 13.2. The molecule has 1 N–H and O–H groups in total. The molecule has 0 bridgehead atoms. The van der Waals surface area contributed by atoms with E-state index in [1.165, 1.54) is 13.3 Å². The number of carbonyl (C=O) groups excluding carboxylic acids is 2. The first-order valence-electron chi connectivity index (χ1n) is 11.7. The first-order valence-corrected chi connectivity index (χ1v) is 12.5. The third kappa shape index (κ3) is 5.45. The van der Waals surface area contributed by atoms with Crippen molar-refractivity contribution in [1.82, 2.24) is 14.6 Å². The van der Waals surface area contributed by atoms with Gasteiger partial charge in [0.15, 0.2) is 11.3 Å². The van der Waals surface area contributed by atoms with E-state index >= 15 is 0 Å². The predicted octanol–water partition coefficient (Wildman–Crippen LogP) is 4.80. The Morgan fingerprint density at radius 2 is 1.79 bits per heavy atom. The average Bonchev–Trinajstić information content (AvgIpc) is 3.30. The lowest BCUT2D eigenvalue weighted by atomic mass is 9.88. The van der Waals surface area contributed by atoms with Crippen LogP contribution in [0.1, 0.15) is 49.9 Å². The Hall–Kier alpha value is -3.28. The maximum atomic E-state index is 13.2. The van der Waals surface area contributed by atoms with E-state index in [9.17, 15) is 14.8 Å². The van der Waals surface area contributed by atoms with Crippen LogP contribution in [-0.2, 0) is 15.1 Å². The number of pyridine rings is 2. The van der Waals surface area contributed by atoms with Crippen LogP contribution in [0.3, 0.4) is 0 Å². The van der Waals surface area contributed by atoms with Gasteiger partial charge >= 0.3 is 6.09 Å². The molecule has 4 heterocycles. The molecule has 3 aromatic heterocycles. The van der Waals surface area contributed by atoms with Crippen LogP contribution < -0.4 is 10.1 Å². The number of piperidine rings is 1. The van der Waals surface area contributed by atoms with E-state index in [0.29, 0.717) is 53.1 Å². The summed E-state index contributed by atoms with van der Waals surface area (Å²) in [6, 6.07) is 1.68. The summed E-state index contributed by atoms with van der Waals surface area (Å²) in [6.07, 6.45) is 4.14. The van der Waals surface area contributed by atoms with E-state index in [0.717, 1.165) is 12.4 Å². The molecule has 1 saturated heterocycles. The fourth-order valence-corrected chi connectivity index (χ4v) is 4.77. The van der Waals surface area contributed by atoms with Crippen LogP contribution in [0, 0.1) is 0 Å². The molecule has 38 heavy (non-hydrogen) atoms. The molecule has 0 saturated carbocycles. The molecular formula is C25H28Cl2N4O7. The molecule has 1 aliphatic rings. The maximum Gasteiger partial charge on any atom is 0.410 e. The van der Waals surface area contributed by atoms with Crippen molar-refractivity contribution in [2.45, 2.75) is 44.8 Å². The highest BCUT2D eigenvalue weighted by molar-refractivity contribution is 6.34. The largest absolute Gasteiger partial charge is 0.491 e. The van der Waals surface area contributed by atoms with Crippen LogP contribution in [0.25, 0.3) is 11.0 Å². The number of carbonyl (C=O) groups is 2. The Morgan fingerprint density at radius 3 is 2.34 bits per heavy atom. The highest BCUT2D eigenvalue weighted by Gasteiger charge is 2.42. The average molecular weight is 567 g/mol. The van der Waals surface area contributed by atoms with E-state index < -0.39 is 23.2 Å². The summed E-state index contributed by atoms with van der Waals surface area (Å²) < 4.78 is 23.7. The van der Waals surface area contributed by atoms with Gasteiger partial charge in [-0.2, -0.15) is 4.73 Å². The molecule has 0 aliphatic carbocycles. The first kappa shape index (κ1) is 27.7. The Labute approximate surface area is 228 Å². The standard InChI is InChI=1S/C25H28Cl2N4O7/c1-24(2,3)38-23(33)30-8-6-25(36-5,7-9-30)18-10-14-19(28-11-17(35-4)21(14)37-18)22(32)29-20-15(26)12-31(34)13-16(20)27/h10-13,34H,6-9H2,1-5H3. The number of methoxy groups -OCH3 is 2. The van der Waals surface area contributed by atoms with Gasteiger partial charge in [0.05, 0.1) is 41.1 Å². The summed E-state index contributed by atoms with van der Waals surface area (Å²) in [5.74, 6) is 0.0457. The minimum Gasteiger partial charge on any atom is -0.491 e. The highest BCUT2D eigenvalue weighted by Crippen LogP contribution is 2.41. The molecule has 13 heteroatoms. The van der Waals surface area contributed by atoms with Crippen molar-refractivity contribution >= 4 is 46.2 Å². The van der Waals surface area contributed by atoms with E-state index in [1.54, 1.807) is 18.1 Å². The Bertz CT molecular complexity index is 1420. The number of hydrogen-bond donors (Lipinski definition) is 1. The van der Waals surface area contributed by atoms with E-state index in [1.807, 2.05) is 20.8 Å². The van der Waals surface area contributed by atoms with E-state index in [-0.39, 0.29) is 21.1 Å². The van der Waals surface area contributed by atoms with Gasteiger partial charge in [0.25, 0.3) is 5.91 Å². The van der Waals surface area contributed by atoms with E-state index in [4.69, 9.17) is 41.8 Å². The Kier molecular flexibility index (Phi) is 7.64. The molecule has 0 unspecified atom stereocenters. The van der Waals surface area contributed by atoms with Crippen LogP contribution in [0.5, 0.6) is 5.75 Å². The molecule has 0 aromatic carbocycles. The molecule has 2 amide bonds. The van der Waals surface area contributed by atoms with Crippen LogP contribution >= 0.6 is 23.2 Å². The smallest absolute Gasteiger partial charge is 0.410 e. The number of furan rings is 1. The topological polar surface area (TPSA) is 129 Å². The van der Waals surface area contributed by atoms with Gasteiger partial charge in [0, 0.05) is 33.0 Å². The van der Waals surface area contributed by atoms with E-state index in [2.05, 4.69) is 9.98 Å². The highest BCUT2D eigenvalue weighted by atomic mass is 35.5. The number of rotatable bonds is 4. The number of amides is 2. The summed E-state index contributed by atoms with van der Waals surface area (Å²) in [5.41, 5.74) is -1.18. The molecule has 1 fully saturated rings. The van der Waals surface area contributed by atoms with Gasteiger partial charge in [-0.1, -0.05) is 23.2 Å². The Balaban J connectivity index is 1.71. The minimum absolute atomic E-state index is 0.0129. The lowest BCUT2D eigenvalue weighted by Crippen LogP contribution is -2.47. The zero-order valence-corrected chi connectivity index (χ0v) is 23.1. The summed E-state index contributed by atoms with van der Waals surface area (Å²) in [6.45, 7) is 6.21. The molecule has 4 rings (SSSR count). The van der Waals surface area contributed by atoms with Gasteiger partial charge in [0.2, 0.25) is 0 Å². The number of halogens is 2. The molecule has 11 nitrogen and oxygen atoms in total. The second-order valence-corrected chi connectivity index (χ2v) is 10.6. The minimum atomic E-state index is -0.860. The third-order valence-corrected chi connectivity index (χ3v) is 6.72. The second-order valence-electron chi connectivity index (χ2n) is 9.79. The van der Waals surface area contributed by atoms with Crippen molar-refractivity contribution in [3.63, 3.8) is 0 Å². The zero-order valence-electron chi connectivity index (χ0n) is 21.6. The fourth-order valence-electron chi connectivity index (χ4n) is 4.24. The number of nitrogens with zero attached hydrogens (tertiary/aromatic N) is 4. The molecule has 204 valence electrons. The SMILES string of the molecule is COc1cnc(C(=O)N=c2c(Cl)cn(O)cc2Cl)c2cc(C3(OC)CCN(C(=O)OC(C)(C)C)CC3)oc12. The number of hydrogen-bond acceptors (Lipinski definition) is 8. The number of likely N-dealkylation sites (tertiary alicyclic amines) is 1. The molecule has 0 spiro atoms. The van der Waals surface area contributed by atoms with Crippen molar-refractivity contribution in [3.8, 4) is 5.75 Å². The number of aromatic nitrogens is 2. The van der Waals surface area contributed by atoms with Gasteiger partial charge in [0.1, 0.15) is 28.0 Å². The van der Waals surface area contributed by atoms with Gasteiger partial charge in [-0.05, 0) is 26.8 Å². The molecule has 3 aromatic rings. The molecular weight excluding hydrogens is 539 g/mol. The molecule has 0 atom stereocenters. The van der Waals surface area contributed by atoms with Gasteiger partial charge in [-0.25, -0.2) is 14.8 Å². The summed E-state index contributed by atoms with van der Waals surface area (Å²) in [7, 11) is 3.03. The second kappa shape index (κ2) is 10.5. The van der Waals surface area contributed by atoms with Crippen molar-refractivity contribution < 1.29 is 33.4 Å². The first-order chi connectivity index (χ1) is 17.9. The van der Waals surface area contributed by atoms with Crippen LogP contribution in [0.2, 0.25) is 10.0 Å². The van der Waals surface area contributed by atoms with Crippen molar-refractivity contribution in [2.24, 2.45) is 4.99 Å². The Morgan fingerprint density at radius 1 is 1.16 bits per heavy atom. The number of ether oxygens (including phenoxy) is 3. The monoisotopic (exact) mass is 566 g/mol. The van der Waals surface area contributed by atoms with Gasteiger partial charge < -0.3 is 28.7 Å². The number of fused-ring (bicyclic) bond motifs is 1. The predicted molar refractivity (Wildman–Crippen MR) is 138 cm³/mol. The fraction of sp³-hybridized carbons (Fsp3) is 0.440. The zero-order chi connectivity index (χ0) is 27.8. The van der Waals surface area contributed by atoms with Crippen molar-refractivity contribution in [3.05, 3.63) is 51.5 Å². The summed E-state index contributed by atoms with van der Waals surface area (Å²) in [5, 5.41) is 9.88. The quantitative estimate of drug-likeness (QED) is 0.446. The lowest BCUT2D eigenvalue weighted by Gasteiger charge is -2.39. The summed E-state index contributed by atoms with van der Waals surface area (Å²) >= 11 is 12.2. The summed E-state index contributed by atoms with van der Waals surface area (Å²) in [4.78, 5) is 35.6. The van der Waals surface area contributed by atoms with Crippen molar-refractivity contribution in [1.29, 1.82) is 0 Å².